The fourth-order valence-electron chi connectivity index (χ4n) is 2.59. The van der Waals surface area contributed by atoms with Crippen LogP contribution in [0.5, 0.6) is 0 Å². The SMILES string of the molecule is CSc1nc(NCCCCc2ccccc2)c2ccccc2n1. The van der Waals surface area contributed by atoms with Crippen LogP contribution in [0.15, 0.2) is 59.8 Å². The normalized spacial score (nSPS) is 10.8. The molecule has 0 atom stereocenters. The van der Waals surface area contributed by atoms with E-state index in [0.29, 0.717) is 0 Å². The molecule has 0 saturated carbocycles. The largest absolute Gasteiger partial charge is 0.369 e. The number of nitrogens with zero attached hydrogens (tertiary/aromatic N) is 2. The molecule has 0 spiro atoms. The number of aromatic nitrogens is 2. The molecule has 1 aromatic heterocycles. The van der Waals surface area contributed by atoms with E-state index in [1.54, 1.807) is 11.8 Å². The van der Waals surface area contributed by atoms with Crippen LogP contribution in [-0.2, 0) is 6.42 Å². The first-order valence-electron chi connectivity index (χ1n) is 7.95. The highest BCUT2D eigenvalue weighted by atomic mass is 32.2. The monoisotopic (exact) mass is 323 g/mol. The lowest BCUT2D eigenvalue weighted by molar-refractivity contribution is 0.760. The minimum absolute atomic E-state index is 0.815. The molecule has 1 N–H and O–H groups in total. The van der Waals surface area contributed by atoms with Gasteiger partial charge in [-0.2, -0.15) is 0 Å². The molecule has 0 aliphatic heterocycles. The molecule has 3 aromatic rings. The Morgan fingerprint density at radius 1 is 0.913 bits per heavy atom. The Balaban J connectivity index is 1.58. The van der Waals surface area contributed by atoms with E-state index in [1.165, 1.54) is 12.0 Å². The number of hydrogen-bond donors (Lipinski definition) is 1. The quantitative estimate of drug-likeness (QED) is 0.385. The Morgan fingerprint density at radius 2 is 1.70 bits per heavy atom. The summed E-state index contributed by atoms with van der Waals surface area (Å²) in [5.74, 6) is 0.944. The topological polar surface area (TPSA) is 37.8 Å². The summed E-state index contributed by atoms with van der Waals surface area (Å²) < 4.78 is 0. The van der Waals surface area contributed by atoms with E-state index < -0.39 is 0 Å². The Labute approximate surface area is 141 Å². The maximum atomic E-state index is 4.62. The molecule has 0 amide bonds. The van der Waals surface area contributed by atoms with E-state index in [9.17, 15) is 0 Å². The van der Waals surface area contributed by atoms with Gasteiger partial charge in [-0.15, -0.1) is 0 Å². The van der Waals surface area contributed by atoms with Gasteiger partial charge in [0.05, 0.1) is 5.52 Å². The third-order valence-electron chi connectivity index (χ3n) is 3.79. The summed E-state index contributed by atoms with van der Waals surface area (Å²) in [5, 5.41) is 5.39. The lowest BCUT2D eigenvalue weighted by atomic mass is 10.1. The summed E-state index contributed by atoms with van der Waals surface area (Å²) in [6, 6.07) is 18.8. The predicted molar refractivity (Wildman–Crippen MR) is 99.2 cm³/mol. The van der Waals surface area contributed by atoms with Crippen molar-refractivity contribution in [2.24, 2.45) is 0 Å². The van der Waals surface area contributed by atoms with E-state index in [0.717, 1.165) is 41.3 Å². The van der Waals surface area contributed by atoms with Gasteiger partial charge in [0.1, 0.15) is 5.82 Å². The predicted octanol–water partition coefficient (Wildman–Crippen LogP) is 4.79. The molecule has 4 heteroatoms. The molecule has 23 heavy (non-hydrogen) atoms. The van der Waals surface area contributed by atoms with Crippen LogP contribution in [-0.4, -0.2) is 22.8 Å². The fraction of sp³-hybridized carbons (Fsp3) is 0.263. The van der Waals surface area contributed by atoms with Gasteiger partial charge in [0, 0.05) is 11.9 Å². The minimum atomic E-state index is 0.815. The van der Waals surface area contributed by atoms with Crippen molar-refractivity contribution in [1.29, 1.82) is 0 Å². The highest BCUT2D eigenvalue weighted by molar-refractivity contribution is 7.98. The van der Waals surface area contributed by atoms with Crippen LogP contribution in [0.25, 0.3) is 10.9 Å². The van der Waals surface area contributed by atoms with E-state index in [1.807, 2.05) is 24.5 Å². The van der Waals surface area contributed by atoms with Crippen LogP contribution >= 0.6 is 11.8 Å². The third kappa shape index (κ3) is 4.23. The third-order valence-corrected chi connectivity index (χ3v) is 4.34. The van der Waals surface area contributed by atoms with E-state index in [2.05, 4.69) is 51.7 Å². The van der Waals surface area contributed by atoms with Gasteiger partial charge in [-0.1, -0.05) is 54.2 Å². The highest BCUT2D eigenvalue weighted by Crippen LogP contribution is 2.23. The van der Waals surface area contributed by atoms with Crippen molar-refractivity contribution >= 4 is 28.5 Å². The van der Waals surface area contributed by atoms with Gasteiger partial charge in [0.15, 0.2) is 5.16 Å². The molecular formula is C19H21N3S. The Morgan fingerprint density at radius 3 is 2.52 bits per heavy atom. The second-order valence-corrected chi connectivity index (χ2v) is 6.22. The van der Waals surface area contributed by atoms with Crippen LogP contribution < -0.4 is 5.32 Å². The van der Waals surface area contributed by atoms with Crippen LogP contribution in [0.4, 0.5) is 5.82 Å². The van der Waals surface area contributed by atoms with Crippen molar-refractivity contribution in [3.05, 3.63) is 60.2 Å². The van der Waals surface area contributed by atoms with Crippen LogP contribution in [0.3, 0.4) is 0 Å². The maximum absolute atomic E-state index is 4.62. The molecule has 0 aliphatic rings. The van der Waals surface area contributed by atoms with Gasteiger partial charge in [-0.3, -0.25) is 0 Å². The minimum Gasteiger partial charge on any atom is -0.369 e. The number of hydrogen-bond acceptors (Lipinski definition) is 4. The molecule has 118 valence electrons. The lowest BCUT2D eigenvalue weighted by Crippen LogP contribution is -2.06. The summed E-state index contributed by atoms with van der Waals surface area (Å²) in [4.78, 5) is 9.17. The van der Waals surface area contributed by atoms with Crippen molar-refractivity contribution in [2.45, 2.75) is 24.4 Å². The highest BCUT2D eigenvalue weighted by Gasteiger charge is 2.06. The number of thioether (sulfide) groups is 1. The summed E-state index contributed by atoms with van der Waals surface area (Å²) in [6.07, 6.45) is 5.44. The summed E-state index contributed by atoms with van der Waals surface area (Å²) in [5.41, 5.74) is 2.41. The Hall–Kier alpha value is -2.07. The van der Waals surface area contributed by atoms with Gasteiger partial charge in [-0.05, 0) is 43.2 Å². The number of aryl methyl sites for hydroxylation is 1. The molecular weight excluding hydrogens is 302 g/mol. The number of unbranched alkanes of at least 4 members (excludes halogenated alkanes) is 1. The van der Waals surface area contributed by atoms with Crippen LogP contribution in [0, 0.1) is 0 Å². The molecule has 3 rings (SSSR count). The van der Waals surface area contributed by atoms with Crippen molar-refractivity contribution in [1.82, 2.24) is 9.97 Å². The molecule has 0 unspecified atom stereocenters. The summed E-state index contributed by atoms with van der Waals surface area (Å²) >= 11 is 1.58. The summed E-state index contributed by atoms with van der Waals surface area (Å²) in [6.45, 7) is 0.932. The zero-order chi connectivity index (χ0) is 15.9. The second kappa shape index (κ2) is 7.97. The van der Waals surface area contributed by atoms with Gasteiger partial charge < -0.3 is 5.32 Å². The van der Waals surface area contributed by atoms with Gasteiger partial charge in [0.2, 0.25) is 0 Å². The standard InChI is InChI=1S/C19H21N3S/c1-23-19-21-17-13-6-5-12-16(17)18(22-19)20-14-8-7-11-15-9-3-2-4-10-15/h2-6,9-10,12-13H,7-8,11,14H2,1H3,(H,20,21,22). The Kier molecular flexibility index (Phi) is 5.48. The molecule has 0 bridgehead atoms. The van der Waals surface area contributed by atoms with E-state index >= 15 is 0 Å². The van der Waals surface area contributed by atoms with E-state index in [-0.39, 0.29) is 0 Å². The van der Waals surface area contributed by atoms with Crippen molar-refractivity contribution in [3.8, 4) is 0 Å². The molecule has 0 aliphatic carbocycles. The second-order valence-electron chi connectivity index (χ2n) is 5.45. The van der Waals surface area contributed by atoms with Crippen LogP contribution in [0.1, 0.15) is 18.4 Å². The molecule has 0 saturated heterocycles. The Bertz CT molecular complexity index is 759. The lowest BCUT2D eigenvalue weighted by Gasteiger charge is -2.10. The molecule has 3 nitrogen and oxygen atoms in total. The number of rotatable bonds is 7. The zero-order valence-corrected chi connectivity index (χ0v) is 14.1. The summed E-state index contributed by atoms with van der Waals surface area (Å²) in [7, 11) is 0. The molecule has 0 radical (unpaired) electrons. The average molecular weight is 323 g/mol. The first-order chi connectivity index (χ1) is 11.4. The number of anilines is 1. The molecule has 0 fully saturated rings. The zero-order valence-electron chi connectivity index (χ0n) is 13.3. The maximum Gasteiger partial charge on any atom is 0.189 e. The first kappa shape index (κ1) is 15.8. The van der Waals surface area contributed by atoms with Gasteiger partial charge in [-0.25, -0.2) is 9.97 Å². The smallest absolute Gasteiger partial charge is 0.189 e. The van der Waals surface area contributed by atoms with Crippen molar-refractivity contribution in [3.63, 3.8) is 0 Å². The average Bonchev–Trinajstić information content (AvgIpc) is 2.62. The van der Waals surface area contributed by atoms with Crippen molar-refractivity contribution in [2.75, 3.05) is 18.1 Å². The number of benzene rings is 2. The van der Waals surface area contributed by atoms with Crippen molar-refractivity contribution < 1.29 is 0 Å². The van der Waals surface area contributed by atoms with Crippen LogP contribution in [0.2, 0.25) is 0 Å². The fourth-order valence-corrected chi connectivity index (χ4v) is 2.96. The molecule has 2 aromatic carbocycles. The number of para-hydroxylation sites is 1. The van der Waals surface area contributed by atoms with Gasteiger partial charge in [0.25, 0.3) is 0 Å². The molecule has 1 heterocycles. The number of fused-ring (bicyclic) bond motifs is 1. The number of nitrogens with one attached hydrogen (secondary N) is 1. The van der Waals surface area contributed by atoms with E-state index in [4.69, 9.17) is 0 Å². The first-order valence-corrected chi connectivity index (χ1v) is 9.18. The van der Waals surface area contributed by atoms with Gasteiger partial charge >= 0.3 is 0 Å².